The van der Waals surface area contributed by atoms with Crippen LogP contribution in [-0.4, -0.2) is 9.13 Å². The molecule has 11 aromatic rings. The Bertz CT molecular complexity index is 3090. The molecule has 0 saturated carbocycles. The summed E-state index contributed by atoms with van der Waals surface area (Å²) >= 11 is 0. The molecule has 0 aliphatic heterocycles. The SMILES string of the molecule is c1ccc(-n2c3ccc4c5ccccc5n(-c5ccc(-c6cccc7c6oc6ccccc67)cc5)c4c3c3ccc4ccccc4c32)cc1. The van der Waals surface area contributed by atoms with E-state index in [9.17, 15) is 0 Å². The van der Waals surface area contributed by atoms with Crippen molar-refractivity contribution in [1.82, 2.24) is 9.13 Å². The largest absolute Gasteiger partial charge is 0.455 e. The highest BCUT2D eigenvalue weighted by Gasteiger charge is 2.22. The van der Waals surface area contributed by atoms with Crippen LogP contribution in [0.4, 0.5) is 0 Å². The fraction of sp³-hybridized carbons (Fsp3) is 0. The zero-order chi connectivity index (χ0) is 32.1. The smallest absolute Gasteiger partial charge is 0.143 e. The van der Waals surface area contributed by atoms with Crippen LogP contribution < -0.4 is 0 Å². The number of hydrogen-bond donors (Lipinski definition) is 0. The number of rotatable bonds is 3. The Morgan fingerprint density at radius 1 is 0.367 bits per heavy atom. The van der Waals surface area contributed by atoms with Crippen molar-refractivity contribution in [2.75, 3.05) is 0 Å². The highest BCUT2D eigenvalue weighted by atomic mass is 16.3. The standard InChI is InChI=1S/C46H28N2O/c1-2-12-31(13-3-1)48-41-28-27-37-35-15-6-8-19-40(35)47(45(37)43(41)39-26-23-29-11-4-5-14-33(29)44(39)48)32-24-21-30(22-25-32)34-17-10-18-38-36-16-7-9-20-42(36)49-46(34)38/h1-28H. The van der Waals surface area contributed by atoms with E-state index in [0.29, 0.717) is 0 Å². The molecule has 0 unspecified atom stereocenters. The van der Waals surface area contributed by atoms with Crippen LogP contribution in [0.5, 0.6) is 0 Å². The van der Waals surface area contributed by atoms with Crippen molar-refractivity contribution in [3.8, 4) is 22.5 Å². The summed E-state index contributed by atoms with van der Waals surface area (Å²) < 4.78 is 11.3. The first-order valence-corrected chi connectivity index (χ1v) is 16.8. The van der Waals surface area contributed by atoms with Gasteiger partial charge in [0.25, 0.3) is 0 Å². The monoisotopic (exact) mass is 624 g/mol. The lowest BCUT2D eigenvalue weighted by molar-refractivity contribution is 0.670. The van der Waals surface area contributed by atoms with Crippen LogP contribution in [-0.2, 0) is 0 Å². The molecule has 3 heterocycles. The fourth-order valence-corrected chi connectivity index (χ4v) is 8.20. The van der Waals surface area contributed by atoms with Crippen LogP contribution in [0.1, 0.15) is 0 Å². The van der Waals surface area contributed by atoms with E-state index in [1.165, 1.54) is 54.4 Å². The van der Waals surface area contributed by atoms with E-state index < -0.39 is 0 Å². The van der Waals surface area contributed by atoms with Gasteiger partial charge >= 0.3 is 0 Å². The topological polar surface area (TPSA) is 23.0 Å². The van der Waals surface area contributed by atoms with Gasteiger partial charge in [-0.25, -0.2) is 0 Å². The number of nitrogens with zero attached hydrogens (tertiary/aromatic N) is 2. The number of para-hydroxylation sites is 4. The summed E-state index contributed by atoms with van der Waals surface area (Å²) in [5.41, 5.74) is 11.2. The zero-order valence-electron chi connectivity index (χ0n) is 26.5. The molecule has 0 N–H and O–H groups in total. The predicted octanol–water partition coefficient (Wildman–Crippen LogP) is 12.6. The molecule has 0 spiro atoms. The van der Waals surface area contributed by atoms with Crippen LogP contribution in [0.2, 0.25) is 0 Å². The van der Waals surface area contributed by atoms with Crippen LogP contribution in [0, 0.1) is 0 Å². The van der Waals surface area contributed by atoms with Gasteiger partial charge in [-0.1, -0.05) is 127 Å². The molecule has 0 aliphatic rings. The molecular formula is C46H28N2O. The van der Waals surface area contributed by atoms with Crippen molar-refractivity contribution in [2.45, 2.75) is 0 Å². The first kappa shape index (κ1) is 26.5. The van der Waals surface area contributed by atoms with Crippen molar-refractivity contribution in [1.29, 1.82) is 0 Å². The summed E-state index contributed by atoms with van der Waals surface area (Å²) in [4.78, 5) is 0. The van der Waals surface area contributed by atoms with E-state index in [4.69, 9.17) is 4.42 Å². The van der Waals surface area contributed by atoms with E-state index in [2.05, 4.69) is 167 Å². The fourth-order valence-electron chi connectivity index (χ4n) is 8.20. The second-order valence-corrected chi connectivity index (χ2v) is 12.9. The third-order valence-electron chi connectivity index (χ3n) is 10.3. The Labute approximate surface area is 281 Å². The number of aromatic nitrogens is 2. The third kappa shape index (κ3) is 3.67. The van der Waals surface area contributed by atoms with Gasteiger partial charge in [0, 0.05) is 54.6 Å². The molecule has 11 rings (SSSR count). The highest BCUT2D eigenvalue weighted by molar-refractivity contribution is 6.29. The molecule has 0 radical (unpaired) electrons. The minimum atomic E-state index is 0.915. The molecule has 228 valence electrons. The Morgan fingerprint density at radius 3 is 1.92 bits per heavy atom. The summed E-state index contributed by atoms with van der Waals surface area (Å²) in [7, 11) is 0. The van der Waals surface area contributed by atoms with Gasteiger partial charge in [0.2, 0.25) is 0 Å². The maximum atomic E-state index is 6.41. The average molecular weight is 625 g/mol. The normalized spacial score (nSPS) is 12.1. The van der Waals surface area contributed by atoms with Gasteiger partial charge < -0.3 is 13.6 Å². The van der Waals surface area contributed by atoms with E-state index in [1.807, 2.05) is 12.1 Å². The van der Waals surface area contributed by atoms with Crippen molar-refractivity contribution in [3.05, 3.63) is 170 Å². The lowest BCUT2D eigenvalue weighted by atomic mass is 10.0. The number of fused-ring (bicyclic) bond motifs is 12. The molecule has 8 aromatic carbocycles. The summed E-state index contributed by atoms with van der Waals surface area (Å²) in [5.74, 6) is 0. The number of furan rings is 1. The van der Waals surface area contributed by atoms with Gasteiger partial charge in [-0.05, 0) is 53.4 Å². The maximum absolute atomic E-state index is 6.41. The average Bonchev–Trinajstić information content (AvgIpc) is 3.83. The summed E-state index contributed by atoms with van der Waals surface area (Å²) in [6.45, 7) is 0. The quantitative estimate of drug-likeness (QED) is 0.192. The second kappa shape index (κ2) is 9.96. The van der Waals surface area contributed by atoms with Gasteiger partial charge in [-0.2, -0.15) is 0 Å². The lowest BCUT2D eigenvalue weighted by Crippen LogP contribution is -1.95. The van der Waals surface area contributed by atoms with Gasteiger partial charge in [0.1, 0.15) is 11.2 Å². The van der Waals surface area contributed by atoms with Crippen LogP contribution in [0.25, 0.3) is 98.8 Å². The molecular weight excluding hydrogens is 597 g/mol. The molecule has 0 atom stereocenters. The minimum Gasteiger partial charge on any atom is -0.455 e. The van der Waals surface area contributed by atoms with Crippen LogP contribution in [0.3, 0.4) is 0 Å². The van der Waals surface area contributed by atoms with E-state index in [-0.39, 0.29) is 0 Å². The molecule has 0 bridgehead atoms. The van der Waals surface area contributed by atoms with Gasteiger partial charge in [-0.15, -0.1) is 0 Å². The first-order valence-electron chi connectivity index (χ1n) is 16.8. The Kier molecular flexibility index (Phi) is 5.38. The van der Waals surface area contributed by atoms with Gasteiger partial charge in [0.05, 0.1) is 22.1 Å². The zero-order valence-corrected chi connectivity index (χ0v) is 26.5. The molecule has 0 saturated heterocycles. The summed E-state index contributed by atoms with van der Waals surface area (Å²) in [5, 5.41) is 9.78. The maximum Gasteiger partial charge on any atom is 0.143 e. The lowest BCUT2D eigenvalue weighted by Gasteiger charge is -2.11. The number of benzene rings is 8. The van der Waals surface area contributed by atoms with E-state index >= 15 is 0 Å². The van der Waals surface area contributed by atoms with Crippen molar-refractivity contribution < 1.29 is 4.42 Å². The van der Waals surface area contributed by atoms with Crippen molar-refractivity contribution in [2.24, 2.45) is 0 Å². The molecule has 49 heavy (non-hydrogen) atoms. The summed E-state index contributed by atoms with van der Waals surface area (Å²) in [6, 6.07) is 61.2. The summed E-state index contributed by atoms with van der Waals surface area (Å²) in [6.07, 6.45) is 0. The van der Waals surface area contributed by atoms with Gasteiger partial charge in [0.15, 0.2) is 0 Å². The van der Waals surface area contributed by atoms with Crippen molar-refractivity contribution in [3.63, 3.8) is 0 Å². The Morgan fingerprint density at radius 2 is 1.04 bits per heavy atom. The first-order chi connectivity index (χ1) is 24.3. The molecule has 0 fully saturated rings. The second-order valence-electron chi connectivity index (χ2n) is 12.9. The van der Waals surface area contributed by atoms with E-state index in [1.54, 1.807) is 0 Å². The third-order valence-corrected chi connectivity index (χ3v) is 10.3. The van der Waals surface area contributed by atoms with Crippen molar-refractivity contribution >= 4 is 76.3 Å². The van der Waals surface area contributed by atoms with Crippen LogP contribution >= 0.6 is 0 Å². The van der Waals surface area contributed by atoms with E-state index in [0.717, 1.165) is 44.4 Å². The molecule has 0 amide bonds. The Balaban J connectivity index is 1.22. The molecule has 3 nitrogen and oxygen atoms in total. The molecule has 3 aromatic heterocycles. The van der Waals surface area contributed by atoms with Crippen LogP contribution in [0.15, 0.2) is 174 Å². The molecule has 3 heteroatoms. The Hall–Kier alpha value is -6.58. The predicted molar refractivity (Wildman–Crippen MR) is 205 cm³/mol. The highest BCUT2D eigenvalue weighted by Crippen LogP contribution is 2.44. The van der Waals surface area contributed by atoms with Gasteiger partial charge in [-0.3, -0.25) is 0 Å². The minimum absolute atomic E-state index is 0.915. The number of hydrogen-bond acceptors (Lipinski definition) is 1. The molecule has 0 aliphatic carbocycles.